The van der Waals surface area contributed by atoms with Crippen LogP contribution in [0.2, 0.25) is 0 Å². The van der Waals surface area contributed by atoms with E-state index in [9.17, 15) is 4.79 Å². The number of rotatable bonds is 2. The van der Waals surface area contributed by atoms with Gasteiger partial charge in [0.05, 0.1) is 16.1 Å². The van der Waals surface area contributed by atoms with E-state index in [2.05, 4.69) is 30.5 Å². The van der Waals surface area contributed by atoms with Crippen LogP contribution in [0.4, 0.5) is 0 Å². The van der Waals surface area contributed by atoms with E-state index in [1.807, 2.05) is 30.6 Å². The molecule has 3 rings (SSSR count). The molecule has 3 heteroatoms. The second kappa shape index (κ2) is 4.91. The highest BCUT2D eigenvalue weighted by Crippen LogP contribution is 2.27. The molecule has 102 valence electrons. The third-order valence-electron chi connectivity index (χ3n) is 3.72. The molecule has 0 aliphatic rings. The van der Waals surface area contributed by atoms with Crippen LogP contribution in [0.25, 0.3) is 21.5 Å². The second-order valence-electron chi connectivity index (χ2n) is 5.36. The van der Waals surface area contributed by atoms with E-state index < -0.39 is 0 Å². The predicted molar refractivity (Wildman–Crippen MR) is 86.6 cm³/mol. The summed E-state index contributed by atoms with van der Waals surface area (Å²) in [7, 11) is 2.02. The summed E-state index contributed by atoms with van der Waals surface area (Å²) in [4.78, 5) is 13.5. The Bertz CT molecular complexity index is 813. The van der Waals surface area contributed by atoms with Gasteiger partial charge in [0.15, 0.2) is 5.43 Å². The molecule has 3 aromatic rings. The maximum absolute atomic E-state index is 12.4. The van der Waals surface area contributed by atoms with Crippen molar-refractivity contribution in [3.63, 3.8) is 0 Å². The van der Waals surface area contributed by atoms with E-state index in [4.69, 9.17) is 0 Å². The van der Waals surface area contributed by atoms with E-state index in [0.29, 0.717) is 5.92 Å². The highest BCUT2D eigenvalue weighted by molar-refractivity contribution is 7.13. The minimum absolute atomic E-state index is 0.101. The van der Waals surface area contributed by atoms with E-state index in [1.54, 1.807) is 17.4 Å². The van der Waals surface area contributed by atoms with Crippen LogP contribution in [0.15, 0.2) is 46.6 Å². The highest BCUT2D eigenvalue weighted by atomic mass is 32.1. The van der Waals surface area contributed by atoms with Crippen LogP contribution >= 0.6 is 11.3 Å². The first-order chi connectivity index (χ1) is 9.58. The molecule has 0 saturated heterocycles. The SMILES string of the molecule is CC(C)c1ccc2c(c1)c(=O)cc(-c1cccs1)n2C. The van der Waals surface area contributed by atoms with Gasteiger partial charge in [0.25, 0.3) is 0 Å². The first-order valence-corrected chi connectivity index (χ1v) is 7.63. The number of aryl methyl sites for hydroxylation is 1. The lowest BCUT2D eigenvalue weighted by atomic mass is 10.0. The average molecular weight is 283 g/mol. The Kier molecular flexibility index (Phi) is 3.22. The van der Waals surface area contributed by atoms with Crippen molar-refractivity contribution in [3.8, 4) is 10.6 Å². The van der Waals surface area contributed by atoms with Crippen molar-refractivity contribution in [2.75, 3.05) is 0 Å². The van der Waals surface area contributed by atoms with Gasteiger partial charge in [-0.15, -0.1) is 11.3 Å². The van der Waals surface area contributed by atoms with Gasteiger partial charge in [0, 0.05) is 18.5 Å². The van der Waals surface area contributed by atoms with Gasteiger partial charge in [0.2, 0.25) is 0 Å². The van der Waals surface area contributed by atoms with Gasteiger partial charge in [-0.2, -0.15) is 0 Å². The Morgan fingerprint density at radius 3 is 2.60 bits per heavy atom. The summed E-state index contributed by atoms with van der Waals surface area (Å²) < 4.78 is 2.10. The number of hydrogen-bond donors (Lipinski definition) is 0. The molecule has 0 unspecified atom stereocenters. The van der Waals surface area contributed by atoms with Crippen LogP contribution in [0.1, 0.15) is 25.3 Å². The first-order valence-electron chi connectivity index (χ1n) is 6.75. The minimum Gasteiger partial charge on any atom is -0.343 e. The first kappa shape index (κ1) is 13.1. The third-order valence-corrected chi connectivity index (χ3v) is 4.61. The minimum atomic E-state index is 0.101. The molecule has 1 aromatic carbocycles. The van der Waals surface area contributed by atoms with Crippen LogP contribution < -0.4 is 5.43 Å². The molecule has 0 atom stereocenters. The normalized spacial score (nSPS) is 11.4. The lowest BCUT2D eigenvalue weighted by molar-refractivity contribution is 0.867. The molecular formula is C17H17NOS. The van der Waals surface area contributed by atoms with Crippen molar-refractivity contribution in [2.45, 2.75) is 19.8 Å². The van der Waals surface area contributed by atoms with Gasteiger partial charge in [-0.25, -0.2) is 0 Å². The molecule has 0 N–H and O–H groups in total. The number of pyridine rings is 1. The summed E-state index contributed by atoms with van der Waals surface area (Å²) in [5, 5.41) is 2.84. The zero-order valence-electron chi connectivity index (χ0n) is 11.9. The molecule has 0 radical (unpaired) electrons. The maximum atomic E-state index is 12.4. The lowest BCUT2D eigenvalue weighted by Gasteiger charge is -2.13. The van der Waals surface area contributed by atoms with E-state index in [0.717, 1.165) is 21.5 Å². The Balaban J connectivity index is 2.32. The van der Waals surface area contributed by atoms with Crippen LogP contribution in [0.5, 0.6) is 0 Å². The number of fused-ring (bicyclic) bond motifs is 1. The summed E-state index contributed by atoms with van der Waals surface area (Å²) >= 11 is 1.66. The van der Waals surface area contributed by atoms with Gasteiger partial charge < -0.3 is 4.57 Å². The summed E-state index contributed by atoms with van der Waals surface area (Å²) in [5.41, 5.74) is 3.28. The fourth-order valence-electron chi connectivity index (χ4n) is 2.49. The maximum Gasteiger partial charge on any atom is 0.190 e. The fraction of sp³-hybridized carbons (Fsp3) is 0.235. The van der Waals surface area contributed by atoms with Crippen LogP contribution in [0, 0.1) is 0 Å². The van der Waals surface area contributed by atoms with Gasteiger partial charge in [-0.3, -0.25) is 4.79 Å². The second-order valence-corrected chi connectivity index (χ2v) is 6.31. The molecular weight excluding hydrogens is 266 g/mol. The Hall–Kier alpha value is -1.87. The van der Waals surface area contributed by atoms with Crippen molar-refractivity contribution >= 4 is 22.2 Å². The van der Waals surface area contributed by atoms with E-state index in [-0.39, 0.29) is 5.43 Å². The molecule has 2 nitrogen and oxygen atoms in total. The summed E-state index contributed by atoms with van der Waals surface area (Å²) in [6.45, 7) is 4.29. The van der Waals surface area contributed by atoms with Gasteiger partial charge in [0.1, 0.15) is 0 Å². The molecule has 2 aromatic heterocycles. The van der Waals surface area contributed by atoms with Crippen molar-refractivity contribution in [3.05, 3.63) is 57.6 Å². The molecule has 0 bridgehead atoms. The van der Waals surface area contributed by atoms with E-state index >= 15 is 0 Å². The van der Waals surface area contributed by atoms with Crippen molar-refractivity contribution in [2.24, 2.45) is 7.05 Å². The lowest BCUT2D eigenvalue weighted by Crippen LogP contribution is -2.09. The molecule has 0 saturated carbocycles. The number of aromatic nitrogens is 1. The Morgan fingerprint density at radius 1 is 1.15 bits per heavy atom. The number of benzene rings is 1. The quantitative estimate of drug-likeness (QED) is 0.683. The monoisotopic (exact) mass is 283 g/mol. The third kappa shape index (κ3) is 2.08. The number of nitrogens with zero attached hydrogens (tertiary/aromatic N) is 1. The van der Waals surface area contributed by atoms with Crippen molar-refractivity contribution in [1.82, 2.24) is 4.57 Å². The Morgan fingerprint density at radius 2 is 1.95 bits per heavy atom. The topological polar surface area (TPSA) is 22.0 Å². The van der Waals surface area contributed by atoms with Gasteiger partial charge in [-0.05, 0) is 35.1 Å². The summed E-state index contributed by atoms with van der Waals surface area (Å²) in [6, 6.07) is 12.0. The molecule has 2 heterocycles. The number of hydrogen-bond acceptors (Lipinski definition) is 2. The molecule has 0 fully saturated rings. The van der Waals surface area contributed by atoms with Crippen LogP contribution in [-0.4, -0.2) is 4.57 Å². The number of thiophene rings is 1. The van der Waals surface area contributed by atoms with Crippen molar-refractivity contribution < 1.29 is 0 Å². The summed E-state index contributed by atoms with van der Waals surface area (Å²) in [5.74, 6) is 0.432. The fourth-order valence-corrected chi connectivity index (χ4v) is 3.27. The molecule has 20 heavy (non-hydrogen) atoms. The largest absolute Gasteiger partial charge is 0.343 e. The molecule has 0 amide bonds. The predicted octanol–water partition coefficient (Wildman–Crippen LogP) is 4.39. The van der Waals surface area contributed by atoms with E-state index in [1.165, 1.54) is 5.56 Å². The van der Waals surface area contributed by atoms with Crippen LogP contribution in [0.3, 0.4) is 0 Å². The smallest absolute Gasteiger partial charge is 0.190 e. The highest BCUT2D eigenvalue weighted by Gasteiger charge is 2.10. The Labute approximate surface area is 122 Å². The van der Waals surface area contributed by atoms with Gasteiger partial charge in [-0.1, -0.05) is 26.0 Å². The zero-order valence-corrected chi connectivity index (χ0v) is 12.7. The van der Waals surface area contributed by atoms with Gasteiger partial charge >= 0.3 is 0 Å². The summed E-state index contributed by atoms with van der Waals surface area (Å²) in [6.07, 6.45) is 0. The van der Waals surface area contributed by atoms with Crippen molar-refractivity contribution in [1.29, 1.82) is 0 Å². The van der Waals surface area contributed by atoms with Crippen LogP contribution in [-0.2, 0) is 7.05 Å². The average Bonchev–Trinajstić information content (AvgIpc) is 2.96. The molecule has 0 aliphatic carbocycles. The molecule has 0 spiro atoms. The molecule has 0 aliphatic heterocycles. The standard InChI is InChI=1S/C17H17NOS/c1-11(2)12-6-7-14-13(9-12)16(19)10-15(18(14)3)17-5-4-8-20-17/h4-11H,1-3H3. The zero-order chi connectivity index (χ0) is 14.3.